The van der Waals surface area contributed by atoms with Gasteiger partial charge < -0.3 is 15.2 Å². The Morgan fingerprint density at radius 1 is 1.11 bits per heavy atom. The van der Waals surface area contributed by atoms with Crippen molar-refractivity contribution in [1.29, 1.82) is 0 Å². The molecule has 0 atom stereocenters. The van der Waals surface area contributed by atoms with Crippen molar-refractivity contribution < 1.29 is 18.4 Å². The Balaban J connectivity index is 1.26. The Hall–Kier alpha value is -3.22. The van der Waals surface area contributed by atoms with Gasteiger partial charge in [0.2, 0.25) is 5.91 Å². The minimum Gasteiger partial charge on any atom is -0.361 e. The number of aromatic amines is 1. The van der Waals surface area contributed by atoms with E-state index in [0.29, 0.717) is 13.0 Å². The summed E-state index contributed by atoms with van der Waals surface area (Å²) in [5, 5.41) is 4.05. The quantitative estimate of drug-likeness (QED) is 0.712. The normalized spacial score (nSPS) is 14.1. The van der Waals surface area contributed by atoms with E-state index in [4.69, 9.17) is 0 Å². The summed E-state index contributed by atoms with van der Waals surface area (Å²) in [4.78, 5) is 29.2. The first kappa shape index (κ1) is 18.2. The van der Waals surface area contributed by atoms with Gasteiger partial charge in [0.25, 0.3) is 5.91 Å². The molecule has 0 aliphatic carbocycles. The molecular formula is C21H19F2N3O2. The van der Waals surface area contributed by atoms with Gasteiger partial charge in [0.1, 0.15) is 0 Å². The molecule has 28 heavy (non-hydrogen) atoms. The summed E-state index contributed by atoms with van der Waals surface area (Å²) in [5.74, 6) is -2.83. The average Bonchev–Trinajstić information content (AvgIpc) is 3.06. The Kier molecular flexibility index (Phi) is 4.81. The van der Waals surface area contributed by atoms with Crippen LogP contribution >= 0.6 is 0 Å². The number of para-hydroxylation sites is 1. The molecule has 0 spiro atoms. The molecule has 2 heterocycles. The van der Waals surface area contributed by atoms with E-state index in [1.807, 2.05) is 30.5 Å². The van der Waals surface area contributed by atoms with E-state index in [1.54, 1.807) is 0 Å². The highest BCUT2D eigenvalue weighted by molar-refractivity contribution is 5.96. The van der Waals surface area contributed by atoms with Crippen LogP contribution in [0.15, 0.2) is 48.7 Å². The first-order chi connectivity index (χ1) is 13.5. The van der Waals surface area contributed by atoms with E-state index in [2.05, 4.69) is 10.3 Å². The fourth-order valence-corrected chi connectivity index (χ4v) is 3.43. The number of halogens is 2. The summed E-state index contributed by atoms with van der Waals surface area (Å²) in [7, 11) is 0. The van der Waals surface area contributed by atoms with Crippen molar-refractivity contribution >= 4 is 22.7 Å². The number of nitrogens with zero attached hydrogens (tertiary/aromatic N) is 1. The molecule has 0 unspecified atom stereocenters. The van der Waals surface area contributed by atoms with Crippen LogP contribution in [-0.4, -0.2) is 41.3 Å². The lowest BCUT2D eigenvalue weighted by Crippen LogP contribution is -2.55. The molecule has 0 radical (unpaired) electrons. The Morgan fingerprint density at radius 3 is 2.68 bits per heavy atom. The van der Waals surface area contributed by atoms with Crippen molar-refractivity contribution in [2.45, 2.75) is 6.42 Å². The van der Waals surface area contributed by atoms with Crippen LogP contribution in [0.2, 0.25) is 0 Å². The van der Waals surface area contributed by atoms with Gasteiger partial charge in [-0.25, -0.2) is 8.78 Å². The molecule has 5 nitrogen and oxygen atoms in total. The maximum absolute atomic E-state index is 13.3. The molecular weight excluding hydrogens is 364 g/mol. The van der Waals surface area contributed by atoms with Crippen LogP contribution in [0.25, 0.3) is 10.9 Å². The number of carbonyl (C=O) groups excluding carboxylic acids is 2. The zero-order valence-electron chi connectivity index (χ0n) is 15.0. The van der Waals surface area contributed by atoms with Gasteiger partial charge in [-0.1, -0.05) is 18.2 Å². The number of likely N-dealkylation sites (tertiary alicyclic amines) is 1. The second-order valence-corrected chi connectivity index (χ2v) is 6.94. The number of amides is 2. The third-order valence-electron chi connectivity index (χ3n) is 5.07. The zero-order chi connectivity index (χ0) is 19.7. The lowest BCUT2D eigenvalue weighted by molar-refractivity contribution is -0.128. The number of hydrogen-bond donors (Lipinski definition) is 2. The molecule has 2 N–H and O–H groups in total. The second kappa shape index (κ2) is 7.42. The van der Waals surface area contributed by atoms with E-state index in [1.165, 1.54) is 11.0 Å². The fraction of sp³-hybridized carbons (Fsp3) is 0.238. The van der Waals surface area contributed by atoms with E-state index < -0.39 is 17.5 Å². The monoisotopic (exact) mass is 383 g/mol. The van der Waals surface area contributed by atoms with E-state index in [-0.39, 0.29) is 30.5 Å². The molecule has 4 rings (SSSR count). The molecule has 1 aliphatic rings. The second-order valence-electron chi connectivity index (χ2n) is 6.94. The molecule has 1 aromatic heterocycles. The molecule has 2 aromatic carbocycles. The summed E-state index contributed by atoms with van der Waals surface area (Å²) >= 11 is 0. The average molecular weight is 383 g/mol. The first-order valence-electron chi connectivity index (χ1n) is 9.10. The number of hydrogen-bond acceptors (Lipinski definition) is 2. The van der Waals surface area contributed by atoms with Crippen LogP contribution in [0, 0.1) is 17.6 Å². The number of aromatic nitrogens is 1. The summed E-state index contributed by atoms with van der Waals surface area (Å²) < 4.78 is 26.2. The SMILES string of the molecule is O=C(NCCc1c[nH]c2ccccc12)C1CN(C(=O)c2ccc(F)c(F)c2)C1. The van der Waals surface area contributed by atoms with Crippen molar-refractivity contribution in [3.05, 3.63) is 71.4 Å². The maximum Gasteiger partial charge on any atom is 0.254 e. The van der Waals surface area contributed by atoms with Gasteiger partial charge in [-0.3, -0.25) is 9.59 Å². The topological polar surface area (TPSA) is 65.2 Å². The molecule has 0 saturated carbocycles. The molecule has 0 bridgehead atoms. The number of H-pyrrole nitrogens is 1. The summed E-state index contributed by atoms with van der Waals surface area (Å²) in [5.41, 5.74) is 2.28. The number of nitrogens with one attached hydrogen (secondary N) is 2. The Bertz CT molecular complexity index is 1040. The van der Waals surface area contributed by atoms with Crippen LogP contribution in [0.3, 0.4) is 0 Å². The van der Waals surface area contributed by atoms with Gasteiger partial charge in [-0.05, 0) is 36.2 Å². The van der Waals surface area contributed by atoms with Crippen LogP contribution in [0.5, 0.6) is 0 Å². The minimum atomic E-state index is -1.06. The number of fused-ring (bicyclic) bond motifs is 1. The van der Waals surface area contributed by atoms with Crippen molar-refractivity contribution in [2.75, 3.05) is 19.6 Å². The third kappa shape index (κ3) is 3.47. The fourth-order valence-electron chi connectivity index (χ4n) is 3.43. The van der Waals surface area contributed by atoms with Gasteiger partial charge in [0.05, 0.1) is 5.92 Å². The zero-order valence-corrected chi connectivity index (χ0v) is 15.0. The van der Waals surface area contributed by atoms with Crippen molar-refractivity contribution in [2.24, 2.45) is 5.92 Å². The van der Waals surface area contributed by atoms with Gasteiger partial charge in [0, 0.05) is 42.3 Å². The Labute approximate surface area is 160 Å². The van der Waals surface area contributed by atoms with Crippen LogP contribution in [-0.2, 0) is 11.2 Å². The lowest BCUT2D eigenvalue weighted by atomic mass is 9.97. The van der Waals surface area contributed by atoms with E-state index >= 15 is 0 Å². The molecule has 1 fully saturated rings. The van der Waals surface area contributed by atoms with E-state index in [9.17, 15) is 18.4 Å². The van der Waals surface area contributed by atoms with Gasteiger partial charge in [-0.15, -0.1) is 0 Å². The Morgan fingerprint density at radius 2 is 1.89 bits per heavy atom. The number of rotatable bonds is 5. The van der Waals surface area contributed by atoms with Gasteiger partial charge in [-0.2, -0.15) is 0 Å². The molecule has 144 valence electrons. The lowest BCUT2D eigenvalue weighted by Gasteiger charge is -2.38. The molecule has 3 aromatic rings. The first-order valence-corrected chi connectivity index (χ1v) is 9.10. The summed E-state index contributed by atoms with van der Waals surface area (Å²) in [6.45, 7) is 1.06. The van der Waals surface area contributed by atoms with Crippen molar-refractivity contribution in [3.63, 3.8) is 0 Å². The third-order valence-corrected chi connectivity index (χ3v) is 5.07. The maximum atomic E-state index is 13.3. The highest BCUT2D eigenvalue weighted by Gasteiger charge is 2.36. The molecule has 1 aliphatic heterocycles. The molecule has 2 amide bonds. The highest BCUT2D eigenvalue weighted by Crippen LogP contribution is 2.21. The molecule has 1 saturated heterocycles. The van der Waals surface area contributed by atoms with E-state index in [0.717, 1.165) is 28.6 Å². The van der Waals surface area contributed by atoms with Gasteiger partial charge in [0.15, 0.2) is 11.6 Å². The highest BCUT2D eigenvalue weighted by atomic mass is 19.2. The van der Waals surface area contributed by atoms with Crippen molar-refractivity contribution in [1.82, 2.24) is 15.2 Å². The smallest absolute Gasteiger partial charge is 0.254 e. The minimum absolute atomic E-state index is 0.0806. The molecule has 7 heteroatoms. The van der Waals surface area contributed by atoms with Crippen molar-refractivity contribution in [3.8, 4) is 0 Å². The largest absolute Gasteiger partial charge is 0.361 e. The number of carbonyl (C=O) groups is 2. The number of benzene rings is 2. The van der Waals surface area contributed by atoms with Gasteiger partial charge >= 0.3 is 0 Å². The van der Waals surface area contributed by atoms with Crippen LogP contribution in [0.4, 0.5) is 8.78 Å². The standard InChI is InChI=1S/C21H19F2N3O2/c22-17-6-5-13(9-18(17)23)21(28)26-11-15(12-26)20(27)24-8-7-14-10-25-19-4-2-1-3-16(14)19/h1-6,9-10,15,25H,7-8,11-12H2,(H,24,27). The summed E-state index contributed by atoms with van der Waals surface area (Å²) in [6.07, 6.45) is 2.66. The van der Waals surface area contributed by atoms with Crippen LogP contribution in [0.1, 0.15) is 15.9 Å². The summed E-state index contributed by atoms with van der Waals surface area (Å²) in [6, 6.07) is 11.0. The predicted octanol–water partition coefficient (Wildman–Crippen LogP) is 2.88. The van der Waals surface area contributed by atoms with Crippen LogP contribution < -0.4 is 5.32 Å². The predicted molar refractivity (Wildman–Crippen MR) is 101 cm³/mol.